The molecule has 0 aliphatic carbocycles. The maximum Gasteiger partial charge on any atom is 0.220 e. The highest BCUT2D eigenvalue weighted by Gasteiger charge is 2.06. The Hall–Kier alpha value is -2.21. The number of rotatable bonds is 2. The fourth-order valence-corrected chi connectivity index (χ4v) is 2.15. The minimum atomic E-state index is 0.382. The van der Waals surface area contributed by atoms with Crippen molar-refractivity contribution in [3.8, 4) is 0 Å². The predicted octanol–water partition coefficient (Wildman–Crippen LogP) is 2.12. The van der Waals surface area contributed by atoms with Crippen molar-refractivity contribution < 1.29 is 0 Å². The maximum atomic E-state index is 5.77. The fraction of sp³-hybridized carbons (Fsp3) is 0.0833. The number of aromatic nitrogens is 4. The van der Waals surface area contributed by atoms with Gasteiger partial charge in [-0.2, -0.15) is 0 Å². The van der Waals surface area contributed by atoms with Gasteiger partial charge in [0.05, 0.1) is 12.1 Å². The molecule has 0 aliphatic heterocycles. The van der Waals surface area contributed by atoms with Crippen molar-refractivity contribution in [2.24, 2.45) is 0 Å². The number of aromatic amines is 1. The highest BCUT2D eigenvalue weighted by atomic mass is 32.1. The Labute approximate surface area is 108 Å². The molecule has 0 aliphatic rings. The summed E-state index contributed by atoms with van der Waals surface area (Å²) in [7, 11) is 0. The van der Waals surface area contributed by atoms with Gasteiger partial charge < -0.3 is 5.73 Å². The Morgan fingerprint density at radius 1 is 1.28 bits per heavy atom. The molecule has 18 heavy (non-hydrogen) atoms. The molecule has 2 heterocycles. The zero-order chi connectivity index (χ0) is 12.5. The average Bonchev–Trinajstić information content (AvgIpc) is 2.71. The first-order valence-electron chi connectivity index (χ1n) is 5.49. The lowest BCUT2D eigenvalue weighted by atomic mass is 10.1. The second-order valence-electron chi connectivity index (χ2n) is 3.97. The Morgan fingerprint density at radius 3 is 2.89 bits per heavy atom. The summed E-state index contributed by atoms with van der Waals surface area (Å²) in [6.07, 6.45) is 1.78. The van der Waals surface area contributed by atoms with Crippen LogP contribution in [0.2, 0.25) is 0 Å². The Bertz CT molecular complexity index is 753. The third-order valence-electron chi connectivity index (χ3n) is 2.83. The van der Waals surface area contributed by atoms with Gasteiger partial charge in [0.15, 0.2) is 4.77 Å². The molecule has 0 bridgehead atoms. The molecule has 3 rings (SSSR count). The maximum absolute atomic E-state index is 5.77. The summed E-state index contributed by atoms with van der Waals surface area (Å²) in [6.45, 7) is 0.565. The number of hydrogen-bond donors (Lipinski definition) is 2. The van der Waals surface area contributed by atoms with E-state index in [-0.39, 0.29) is 0 Å². The van der Waals surface area contributed by atoms with Gasteiger partial charge >= 0.3 is 0 Å². The average molecular weight is 257 g/mol. The zero-order valence-corrected chi connectivity index (χ0v) is 10.3. The summed E-state index contributed by atoms with van der Waals surface area (Å²) in [4.78, 5) is 4.40. The van der Waals surface area contributed by atoms with Crippen molar-refractivity contribution in [1.29, 1.82) is 0 Å². The van der Waals surface area contributed by atoms with Gasteiger partial charge in [-0.1, -0.05) is 24.3 Å². The number of nitrogens with one attached hydrogen (secondary N) is 1. The zero-order valence-electron chi connectivity index (χ0n) is 9.50. The van der Waals surface area contributed by atoms with Crippen LogP contribution >= 0.6 is 12.2 Å². The SMILES string of the molecule is Nc1n[nH]c(=S)n1Cc1cccc2cccnc12. The summed E-state index contributed by atoms with van der Waals surface area (Å²) in [5.74, 6) is 0.382. The number of benzene rings is 1. The van der Waals surface area contributed by atoms with Crippen LogP contribution in [0.3, 0.4) is 0 Å². The van der Waals surface area contributed by atoms with E-state index in [0.29, 0.717) is 17.3 Å². The molecule has 0 fully saturated rings. The van der Waals surface area contributed by atoms with Crippen LogP contribution in [0.5, 0.6) is 0 Å². The molecule has 0 atom stereocenters. The molecule has 3 aromatic rings. The standard InChI is InChI=1S/C12H11N5S/c13-11-15-16-12(18)17(11)7-9-4-1-3-8-5-2-6-14-10(8)9/h1-6H,7H2,(H2,13,15)(H,16,18). The quantitative estimate of drug-likeness (QED) is 0.690. The Morgan fingerprint density at radius 2 is 2.11 bits per heavy atom. The van der Waals surface area contributed by atoms with E-state index in [1.54, 1.807) is 10.8 Å². The van der Waals surface area contributed by atoms with E-state index in [0.717, 1.165) is 16.5 Å². The number of H-pyrrole nitrogens is 1. The highest BCUT2D eigenvalue weighted by Crippen LogP contribution is 2.17. The van der Waals surface area contributed by atoms with Gasteiger partial charge in [-0.05, 0) is 23.8 Å². The second kappa shape index (κ2) is 4.23. The van der Waals surface area contributed by atoms with Crippen molar-refractivity contribution >= 4 is 29.1 Å². The van der Waals surface area contributed by atoms with E-state index in [1.165, 1.54) is 0 Å². The molecule has 0 amide bonds. The second-order valence-corrected chi connectivity index (χ2v) is 4.35. The molecule has 90 valence electrons. The molecule has 2 aromatic heterocycles. The first-order valence-corrected chi connectivity index (χ1v) is 5.90. The van der Waals surface area contributed by atoms with Crippen LogP contribution in [-0.4, -0.2) is 19.7 Å². The van der Waals surface area contributed by atoms with E-state index in [9.17, 15) is 0 Å². The van der Waals surface area contributed by atoms with Crippen molar-refractivity contribution in [1.82, 2.24) is 19.7 Å². The molecular formula is C12H11N5S. The van der Waals surface area contributed by atoms with Crippen LogP contribution in [-0.2, 0) is 6.54 Å². The largest absolute Gasteiger partial charge is 0.368 e. The van der Waals surface area contributed by atoms with Crippen LogP contribution < -0.4 is 5.73 Å². The number of hydrogen-bond acceptors (Lipinski definition) is 4. The van der Waals surface area contributed by atoms with Crippen molar-refractivity contribution in [3.05, 3.63) is 46.9 Å². The van der Waals surface area contributed by atoms with Crippen LogP contribution in [0.4, 0.5) is 5.95 Å². The third-order valence-corrected chi connectivity index (χ3v) is 3.14. The summed E-state index contributed by atoms with van der Waals surface area (Å²) in [5.41, 5.74) is 7.79. The van der Waals surface area contributed by atoms with E-state index in [4.69, 9.17) is 18.0 Å². The van der Waals surface area contributed by atoms with Crippen LogP contribution in [0.25, 0.3) is 10.9 Å². The van der Waals surface area contributed by atoms with E-state index < -0.39 is 0 Å². The number of nitrogen functional groups attached to an aromatic ring is 1. The number of anilines is 1. The van der Waals surface area contributed by atoms with Gasteiger partial charge in [-0.3, -0.25) is 9.55 Å². The van der Waals surface area contributed by atoms with Gasteiger partial charge in [0.25, 0.3) is 0 Å². The van der Waals surface area contributed by atoms with Gasteiger partial charge in [0.2, 0.25) is 5.95 Å². The van der Waals surface area contributed by atoms with Crippen molar-refractivity contribution in [2.45, 2.75) is 6.54 Å². The van der Waals surface area contributed by atoms with Crippen LogP contribution in [0.1, 0.15) is 5.56 Å². The van der Waals surface area contributed by atoms with Crippen molar-refractivity contribution in [2.75, 3.05) is 5.73 Å². The molecule has 0 spiro atoms. The summed E-state index contributed by atoms with van der Waals surface area (Å²) < 4.78 is 2.26. The van der Waals surface area contributed by atoms with Gasteiger partial charge in [-0.15, -0.1) is 5.10 Å². The number of nitrogens with two attached hydrogens (primary N) is 1. The monoisotopic (exact) mass is 257 g/mol. The first-order chi connectivity index (χ1) is 8.75. The van der Waals surface area contributed by atoms with Crippen LogP contribution in [0, 0.1) is 4.77 Å². The van der Waals surface area contributed by atoms with Gasteiger partial charge in [0, 0.05) is 11.6 Å². The third kappa shape index (κ3) is 1.76. The topological polar surface area (TPSA) is 72.5 Å². The molecular weight excluding hydrogens is 246 g/mol. The molecule has 0 saturated heterocycles. The predicted molar refractivity (Wildman–Crippen MR) is 72.7 cm³/mol. The number of para-hydroxylation sites is 1. The Balaban J connectivity index is 2.13. The summed E-state index contributed by atoms with van der Waals surface area (Å²) in [6, 6.07) is 10.0. The molecule has 0 unspecified atom stereocenters. The van der Waals surface area contributed by atoms with Gasteiger partial charge in [-0.25, -0.2) is 5.10 Å². The van der Waals surface area contributed by atoms with Crippen LogP contribution in [0.15, 0.2) is 36.5 Å². The minimum absolute atomic E-state index is 0.382. The van der Waals surface area contributed by atoms with Crippen molar-refractivity contribution in [3.63, 3.8) is 0 Å². The van der Waals surface area contributed by atoms with E-state index in [2.05, 4.69) is 15.2 Å². The fourth-order valence-electron chi connectivity index (χ4n) is 1.95. The summed E-state index contributed by atoms with van der Waals surface area (Å²) >= 11 is 5.14. The molecule has 1 aromatic carbocycles. The molecule has 5 nitrogen and oxygen atoms in total. The Kier molecular flexibility index (Phi) is 2.56. The number of nitrogens with zero attached hydrogens (tertiary/aromatic N) is 3. The lowest BCUT2D eigenvalue weighted by molar-refractivity contribution is 0.797. The van der Waals surface area contributed by atoms with E-state index >= 15 is 0 Å². The summed E-state index contributed by atoms with van der Waals surface area (Å²) in [5, 5.41) is 7.67. The lowest BCUT2D eigenvalue weighted by Gasteiger charge is -2.07. The normalized spacial score (nSPS) is 10.9. The van der Waals surface area contributed by atoms with E-state index in [1.807, 2.05) is 30.3 Å². The van der Waals surface area contributed by atoms with Gasteiger partial charge in [0.1, 0.15) is 0 Å². The molecule has 6 heteroatoms. The molecule has 0 saturated carbocycles. The number of pyridine rings is 1. The minimum Gasteiger partial charge on any atom is -0.368 e. The molecule has 3 N–H and O–H groups in total. The smallest absolute Gasteiger partial charge is 0.220 e. The number of fused-ring (bicyclic) bond motifs is 1. The molecule has 0 radical (unpaired) electrons. The first kappa shape index (κ1) is 10.9. The highest BCUT2D eigenvalue weighted by molar-refractivity contribution is 7.71. The lowest BCUT2D eigenvalue weighted by Crippen LogP contribution is -2.05.